The zero-order chi connectivity index (χ0) is 24.4. The summed E-state index contributed by atoms with van der Waals surface area (Å²) in [6.07, 6.45) is 28.6. The summed E-state index contributed by atoms with van der Waals surface area (Å²) in [5.41, 5.74) is 3.89. The molecule has 0 fully saturated rings. The lowest BCUT2D eigenvalue weighted by molar-refractivity contribution is -0.697. The molecule has 0 N–H and O–H groups in total. The average molecular weight is 473 g/mol. The molecule has 0 bridgehead atoms. The Morgan fingerprint density at radius 1 is 0.457 bits per heavy atom. The maximum absolute atomic E-state index is 2.34. The summed E-state index contributed by atoms with van der Waals surface area (Å²) in [7, 11) is 0. The van der Waals surface area contributed by atoms with Crippen molar-refractivity contribution in [2.75, 3.05) is 0 Å². The SMILES string of the molecule is CCCCCCCCCCCCCCCC[n+]1ccc(-c2cc[n+](Cc3ccccc3)cc2)cc1. The van der Waals surface area contributed by atoms with Gasteiger partial charge in [-0.2, -0.15) is 0 Å². The van der Waals surface area contributed by atoms with Crippen molar-refractivity contribution < 1.29 is 9.13 Å². The molecule has 3 aromatic rings. The molecule has 0 radical (unpaired) electrons. The maximum atomic E-state index is 2.34. The van der Waals surface area contributed by atoms with E-state index in [0.29, 0.717) is 0 Å². The number of aromatic nitrogens is 2. The minimum Gasteiger partial charge on any atom is -0.205 e. The lowest BCUT2D eigenvalue weighted by atomic mass is 10.0. The van der Waals surface area contributed by atoms with E-state index in [9.17, 15) is 0 Å². The molecule has 35 heavy (non-hydrogen) atoms. The quantitative estimate of drug-likeness (QED) is 0.130. The Morgan fingerprint density at radius 3 is 1.37 bits per heavy atom. The summed E-state index contributed by atoms with van der Waals surface area (Å²) in [4.78, 5) is 0. The molecule has 2 heteroatoms. The van der Waals surface area contributed by atoms with Crippen LogP contribution in [0.25, 0.3) is 11.1 Å². The topological polar surface area (TPSA) is 7.76 Å². The first kappa shape index (κ1) is 27.1. The van der Waals surface area contributed by atoms with Gasteiger partial charge in [0.2, 0.25) is 0 Å². The molecule has 2 heterocycles. The van der Waals surface area contributed by atoms with Gasteiger partial charge in [-0.3, -0.25) is 0 Å². The molecule has 3 rings (SSSR count). The van der Waals surface area contributed by atoms with E-state index in [2.05, 4.69) is 95.4 Å². The number of hydrogen-bond acceptors (Lipinski definition) is 0. The molecule has 0 atom stereocenters. The van der Waals surface area contributed by atoms with Crippen molar-refractivity contribution >= 4 is 0 Å². The van der Waals surface area contributed by atoms with Gasteiger partial charge in [0.25, 0.3) is 0 Å². The van der Waals surface area contributed by atoms with E-state index >= 15 is 0 Å². The third-order valence-corrected chi connectivity index (χ3v) is 7.09. The van der Waals surface area contributed by atoms with Gasteiger partial charge in [0.05, 0.1) is 0 Å². The molecule has 1 aromatic carbocycles. The van der Waals surface area contributed by atoms with E-state index in [-0.39, 0.29) is 0 Å². The van der Waals surface area contributed by atoms with Crippen molar-refractivity contribution in [2.45, 2.75) is 110 Å². The Labute approximate surface area is 215 Å². The molecule has 0 aliphatic rings. The number of benzene rings is 1. The maximum Gasteiger partial charge on any atom is 0.173 e. The summed E-state index contributed by atoms with van der Waals surface area (Å²) in [6.45, 7) is 4.34. The van der Waals surface area contributed by atoms with E-state index in [1.165, 1.54) is 107 Å². The second-order valence-electron chi connectivity index (χ2n) is 10.2. The molecule has 0 saturated carbocycles. The highest BCUT2D eigenvalue weighted by Crippen LogP contribution is 2.16. The number of rotatable bonds is 18. The van der Waals surface area contributed by atoms with Crippen LogP contribution in [-0.4, -0.2) is 0 Å². The fraction of sp³-hybridized carbons (Fsp3) is 0.515. The first-order valence-electron chi connectivity index (χ1n) is 14.4. The summed E-state index contributed by atoms with van der Waals surface area (Å²) in [6, 6.07) is 19.6. The highest BCUT2D eigenvalue weighted by Gasteiger charge is 2.06. The minimum atomic E-state index is 0.912. The van der Waals surface area contributed by atoms with Gasteiger partial charge in [0.1, 0.15) is 6.54 Å². The number of aryl methyl sites for hydroxylation is 1. The molecular formula is C33H48N2+2. The van der Waals surface area contributed by atoms with Gasteiger partial charge in [0, 0.05) is 36.2 Å². The molecule has 0 spiro atoms. The second-order valence-corrected chi connectivity index (χ2v) is 10.2. The monoisotopic (exact) mass is 472 g/mol. The van der Waals surface area contributed by atoms with Crippen LogP contribution in [0.2, 0.25) is 0 Å². The molecule has 0 amide bonds. The van der Waals surface area contributed by atoms with Crippen molar-refractivity contribution in [1.29, 1.82) is 0 Å². The lowest BCUT2D eigenvalue weighted by Crippen LogP contribution is -2.33. The highest BCUT2D eigenvalue weighted by molar-refractivity contribution is 5.60. The van der Waals surface area contributed by atoms with Gasteiger partial charge in [-0.05, 0) is 17.5 Å². The summed E-state index contributed by atoms with van der Waals surface area (Å²) in [5, 5.41) is 0. The molecule has 0 aliphatic heterocycles. The number of pyridine rings is 2. The Bertz CT molecular complexity index is 900. The molecule has 0 saturated heterocycles. The van der Waals surface area contributed by atoms with Crippen molar-refractivity contribution in [3.63, 3.8) is 0 Å². The molecule has 2 nitrogen and oxygen atoms in total. The predicted molar refractivity (Wildman–Crippen MR) is 148 cm³/mol. The van der Waals surface area contributed by atoms with E-state index < -0.39 is 0 Å². The summed E-state index contributed by atoms with van der Waals surface area (Å²) in [5.74, 6) is 0. The first-order chi connectivity index (χ1) is 17.3. The van der Waals surface area contributed by atoms with Crippen LogP contribution >= 0.6 is 0 Å². The van der Waals surface area contributed by atoms with Crippen LogP contribution < -0.4 is 9.13 Å². The lowest BCUT2D eigenvalue weighted by Gasteiger charge is -2.03. The van der Waals surface area contributed by atoms with Crippen LogP contribution in [0.4, 0.5) is 0 Å². The van der Waals surface area contributed by atoms with Gasteiger partial charge in [-0.1, -0.05) is 114 Å². The highest BCUT2D eigenvalue weighted by atomic mass is 14.9. The van der Waals surface area contributed by atoms with Gasteiger partial charge in [-0.15, -0.1) is 0 Å². The van der Waals surface area contributed by atoms with E-state index in [4.69, 9.17) is 0 Å². The zero-order valence-corrected chi connectivity index (χ0v) is 22.2. The normalized spacial score (nSPS) is 11.1. The Morgan fingerprint density at radius 2 is 0.886 bits per heavy atom. The van der Waals surface area contributed by atoms with Gasteiger partial charge in [0.15, 0.2) is 31.3 Å². The van der Waals surface area contributed by atoms with E-state index in [1.807, 2.05) is 0 Å². The third-order valence-electron chi connectivity index (χ3n) is 7.09. The smallest absolute Gasteiger partial charge is 0.173 e. The van der Waals surface area contributed by atoms with Crippen LogP contribution in [-0.2, 0) is 13.1 Å². The van der Waals surface area contributed by atoms with Crippen LogP contribution in [0, 0.1) is 0 Å². The van der Waals surface area contributed by atoms with Crippen LogP contribution in [0.5, 0.6) is 0 Å². The van der Waals surface area contributed by atoms with Gasteiger partial charge < -0.3 is 0 Å². The summed E-state index contributed by atoms with van der Waals surface area (Å²) < 4.78 is 4.57. The zero-order valence-electron chi connectivity index (χ0n) is 22.2. The minimum absolute atomic E-state index is 0.912. The van der Waals surface area contributed by atoms with Crippen molar-refractivity contribution in [2.24, 2.45) is 0 Å². The second kappa shape index (κ2) is 17.0. The third kappa shape index (κ3) is 11.2. The number of hydrogen-bond donors (Lipinski definition) is 0. The van der Waals surface area contributed by atoms with Gasteiger partial charge in [-0.25, -0.2) is 9.13 Å². The Hall–Kier alpha value is -2.48. The largest absolute Gasteiger partial charge is 0.205 e. The molecular weight excluding hydrogens is 424 g/mol. The van der Waals surface area contributed by atoms with Crippen molar-refractivity contribution in [1.82, 2.24) is 0 Å². The van der Waals surface area contributed by atoms with Gasteiger partial charge >= 0.3 is 0 Å². The molecule has 2 aromatic heterocycles. The van der Waals surface area contributed by atoms with Crippen molar-refractivity contribution in [3.8, 4) is 11.1 Å². The average Bonchev–Trinajstić information content (AvgIpc) is 2.90. The standard InChI is InChI=1S/C33H48N2/c1-2-3-4-5-6-7-8-9-10-11-12-13-14-18-25-34-26-21-32(22-27-34)33-23-28-35(29-24-33)30-31-19-16-15-17-20-31/h15-17,19-24,26-29H,2-14,18,25,30H2,1H3/q+2. The number of unbranched alkanes of at least 4 members (excludes halogenated alkanes) is 13. The summed E-state index contributed by atoms with van der Waals surface area (Å²) >= 11 is 0. The van der Waals surface area contributed by atoms with Crippen molar-refractivity contribution in [3.05, 3.63) is 84.9 Å². The van der Waals surface area contributed by atoms with Crippen LogP contribution in [0.15, 0.2) is 79.4 Å². The fourth-order valence-corrected chi connectivity index (χ4v) is 4.84. The first-order valence-corrected chi connectivity index (χ1v) is 14.4. The fourth-order valence-electron chi connectivity index (χ4n) is 4.84. The van der Waals surface area contributed by atoms with Crippen LogP contribution in [0.3, 0.4) is 0 Å². The molecule has 188 valence electrons. The van der Waals surface area contributed by atoms with Crippen LogP contribution in [0.1, 0.15) is 102 Å². The van der Waals surface area contributed by atoms with E-state index in [1.54, 1.807) is 0 Å². The van der Waals surface area contributed by atoms with E-state index in [0.717, 1.165) is 13.1 Å². The molecule has 0 aliphatic carbocycles. The Kier molecular flexibility index (Phi) is 13.2. The Balaban J connectivity index is 1.23. The number of nitrogens with zero attached hydrogens (tertiary/aromatic N) is 2. The molecule has 0 unspecified atom stereocenters. The predicted octanol–water partition coefficient (Wildman–Crippen LogP) is 8.46.